The Labute approximate surface area is 154 Å². The Balaban J connectivity index is 0.00000242. The second kappa shape index (κ2) is 9.28. The maximum atomic E-state index is 12.2. The van der Waals surface area contributed by atoms with Crippen molar-refractivity contribution in [3.63, 3.8) is 0 Å². The lowest BCUT2D eigenvalue weighted by atomic mass is 9.94. The number of carbonyl (C=O) groups excluding carboxylic acids is 1. The molecule has 3 N–H and O–H groups in total. The molecule has 0 atom stereocenters. The van der Waals surface area contributed by atoms with E-state index in [4.69, 9.17) is 17.3 Å². The highest BCUT2D eigenvalue weighted by Gasteiger charge is 2.21. The quantitative estimate of drug-likeness (QED) is 0.827. The van der Waals surface area contributed by atoms with Gasteiger partial charge in [0.05, 0.1) is 5.52 Å². The number of fused-ring (bicyclic) bond motifs is 1. The van der Waals surface area contributed by atoms with E-state index in [1.165, 1.54) is 0 Å². The normalized spacial score (nSPS) is 10.6. The zero-order valence-electron chi connectivity index (χ0n) is 13.1. The maximum absolute atomic E-state index is 12.2. The minimum absolute atomic E-state index is 0. The van der Waals surface area contributed by atoms with Gasteiger partial charge in [-0.05, 0) is 31.0 Å². The topological polar surface area (TPSA) is 68.0 Å². The summed E-state index contributed by atoms with van der Waals surface area (Å²) in [4.78, 5) is 16.5. The van der Waals surface area contributed by atoms with Crippen LogP contribution in [0.4, 0.5) is 0 Å². The molecule has 1 aromatic heterocycles. The molecule has 0 aliphatic heterocycles. The molecule has 0 unspecified atom stereocenters. The smallest absolute Gasteiger partial charge is 0.269 e. The molecule has 0 saturated heterocycles. The molecule has 23 heavy (non-hydrogen) atoms. The molecular weight excluding hydrogens is 357 g/mol. The number of benzene rings is 1. The number of nitrogens with zero attached hydrogens (tertiary/aromatic N) is 1. The molecule has 0 aliphatic carbocycles. The lowest BCUT2D eigenvalue weighted by Gasteiger charge is -2.26. The fourth-order valence-electron chi connectivity index (χ4n) is 2.06. The van der Waals surface area contributed by atoms with Crippen molar-refractivity contribution in [2.24, 2.45) is 5.73 Å². The lowest BCUT2D eigenvalue weighted by Crippen LogP contribution is -2.49. The van der Waals surface area contributed by atoms with Gasteiger partial charge in [-0.15, -0.1) is 24.8 Å². The van der Waals surface area contributed by atoms with Crippen LogP contribution in [0, 0.1) is 0 Å². The SMILES string of the molecule is CCC(N)(CC)CNC(=O)c1ccc2ccc(Cl)cc2n1.Cl.Cl. The van der Waals surface area contributed by atoms with Gasteiger partial charge < -0.3 is 11.1 Å². The Morgan fingerprint density at radius 3 is 2.43 bits per heavy atom. The third-order valence-electron chi connectivity index (χ3n) is 3.90. The molecule has 2 aromatic rings. The van der Waals surface area contributed by atoms with E-state index in [2.05, 4.69) is 10.3 Å². The van der Waals surface area contributed by atoms with Crippen LogP contribution in [0.2, 0.25) is 5.02 Å². The first-order chi connectivity index (χ1) is 9.97. The molecule has 2 rings (SSSR count). The first kappa shape index (κ1) is 21.9. The van der Waals surface area contributed by atoms with Gasteiger partial charge in [-0.25, -0.2) is 4.98 Å². The van der Waals surface area contributed by atoms with Crippen LogP contribution in [0.1, 0.15) is 37.2 Å². The van der Waals surface area contributed by atoms with Gasteiger partial charge in [0.1, 0.15) is 5.69 Å². The number of aromatic nitrogens is 1. The average Bonchev–Trinajstić information content (AvgIpc) is 2.51. The number of nitrogens with one attached hydrogen (secondary N) is 1. The number of amides is 1. The summed E-state index contributed by atoms with van der Waals surface area (Å²) >= 11 is 5.95. The first-order valence-electron chi connectivity index (χ1n) is 7.11. The monoisotopic (exact) mass is 377 g/mol. The molecule has 128 valence electrons. The Morgan fingerprint density at radius 2 is 1.83 bits per heavy atom. The van der Waals surface area contributed by atoms with Crippen LogP contribution in [0.3, 0.4) is 0 Å². The van der Waals surface area contributed by atoms with Gasteiger partial charge in [0, 0.05) is 22.5 Å². The first-order valence-corrected chi connectivity index (χ1v) is 7.48. The van der Waals surface area contributed by atoms with Gasteiger partial charge in [-0.2, -0.15) is 0 Å². The molecule has 0 aliphatic rings. The molecule has 0 radical (unpaired) electrons. The van der Waals surface area contributed by atoms with Crippen LogP contribution >= 0.6 is 36.4 Å². The summed E-state index contributed by atoms with van der Waals surface area (Å²) in [5, 5.41) is 4.41. The van der Waals surface area contributed by atoms with E-state index in [0.29, 0.717) is 22.8 Å². The van der Waals surface area contributed by atoms with E-state index in [1.807, 2.05) is 26.0 Å². The minimum Gasteiger partial charge on any atom is -0.349 e. The summed E-state index contributed by atoms with van der Waals surface area (Å²) in [5.41, 5.74) is 6.90. The van der Waals surface area contributed by atoms with Crippen molar-refractivity contribution >= 4 is 53.2 Å². The van der Waals surface area contributed by atoms with Crippen LogP contribution in [0.5, 0.6) is 0 Å². The summed E-state index contributed by atoms with van der Waals surface area (Å²) in [6.07, 6.45) is 1.62. The molecule has 7 heteroatoms. The molecule has 1 amide bonds. The molecule has 0 spiro atoms. The van der Waals surface area contributed by atoms with Gasteiger partial charge >= 0.3 is 0 Å². The van der Waals surface area contributed by atoms with Crippen LogP contribution in [0.25, 0.3) is 10.9 Å². The van der Waals surface area contributed by atoms with Crippen molar-refractivity contribution in [2.75, 3.05) is 6.54 Å². The summed E-state index contributed by atoms with van der Waals surface area (Å²) in [7, 11) is 0. The predicted octanol–water partition coefficient (Wildman–Crippen LogP) is 3.98. The average molecular weight is 379 g/mol. The molecule has 1 heterocycles. The van der Waals surface area contributed by atoms with E-state index in [0.717, 1.165) is 18.2 Å². The van der Waals surface area contributed by atoms with Gasteiger partial charge in [-0.3, -0.25) is 4.79 Å². The van der Waals surface area contributed by atoms with Crippen molar-refractivity contribution in [3.8, 4) is 0 Å². The van der Waals surface area contributed by atoms with Crippen molar-refractivity contribution in [1.29, 1.82) is 0 Å². The Kier molecular flexibility index (Phi) is 8.85. The third kappa shape index (κ3) is 5.50. The van der Waals surface area contributed by atoms with Crippen molar-refractivity contribution in [3.05, 3.63) is 41.0 Å². The largest absolute Gasteiger partial charge is 0.349 e. The number of hydrogen-bond donors (Lipinski definition) is 2. The van der Waals surface area contributed by atoms with E-state index < -0.39 is 0 Å². The molecule has 0 saturated carbocycles. The van der Waals surface area contributed by atoms with Gasteiger partial charge in [0.2, 0.25) is 0 Å². The molecular formula is C16H22Cl3N3O. The maximum Gasteiger partial charge on any atom is 0.269 e. The van der Waals surface area contributed by atoms with Gasteiger partial charge in [-0.1, -0.05) is 37.6 Å². The lowest BCUT2D eigenvalue weighted by molar-refractivity contribution is 0.0937. The highest BCUT2D eigenvalue weighted by molar-refractivity contribution is 6.31. The van der Waals surface area contributed by atoms with Crippen LogP contribution in [0.15, 0.2) is 30.3 Å². The van der Waals surface area contributed by atoms with E-state index in [1.54, 1.807) is 18.2 Å². The number of halogens is 3. The fraction of sp³-hybridized carbons (Fsp3) is 0.375. The van der Waals surface area contributed by atoms with E-state index in [9.17, 15) is 4.79 Å². The second-order valence-corrected chi connectivity index (χ2v) is 5.72. The number of hydrogen-bond acceptors (Lipinski definition) is 3. The van der Waals surface area contributed by atoms with Crippen LogP contribution in [-0.2, 0) is 0 Å². The Bertz CT molecular complexity index is 660. The molecule has 0 fully saturated rings. The number of rotatable bonds is 5. The molecule has 0 bridgehead atoms. The summed E-state index contributed by atoms with van der Waals surface area (Å²) in [6, 6.07) is 9.01. The van der Waals surface area contributed by atoms with Crippen LogP contribution in [-0.4, -0.2) is 23.0 Å². The summed E-state index contributed by atoms with van der Waals surface area (Å²) in [6.45, 7) is 4.48. The summed E-state index contributed by atoms with van der Waals surface area (Å²) < 4.78 is 0. The highest BCUT2D eigenvalue weighted by Crippen LogP contribution is 2.18. The van der Waals surface area contributed by atoms with Crippen LogP contribution < -0.4 is 11.1 Å². The van der Waals surface area contributed by atoms with Crippen molar-refractivity contribution in [2.45, 2.75) is 32.2 Å². The summed E-state index contributed by atoms with van der Waals surface area (Å²) in [5.74, 6) is -0.214. The minimum atomic E-state index is -0.365. The van der Waals surface area contributed by atoms with Crippen molar-refractivity contribution < 1.29 is 4.79 Å². The highest BCUT2D eigenvalue weighted by atomic mass is 35.5. The fourth-order valence-corrected chi connectivity index (χ4v) is 2.23. The van der Waals surface area contributed by atoms with Gasteiger partial charge in [0.25, 0.3) is 5.91 Å². The second-order valence-electron chi connectivity index (χ2n) is 5.29. The zero-order valence-corrected chi connectivity index (χ0v) is 15.5. The standard InChI is InChI=1S/C16H20ClN3O.2ClH/c1-3-16(18,4-2)10-19-15(21)13-8-6-11-5-7-12(17)9-14(11)20-13;;/h5-9H,3-4,10,18H2,1-2H3,(H,19,21);2*1H. The van der Waals surface area contributed by atoms with Crippen molar-refractivity contribution in [1.82, 2.24) is 10.3 Å². The van der Waals surface area contributed by atoms with E-state index >= 15 is 0 Å². The molecule has 1 aromatic carbocycles. The Morgan fingerprint density at radius 1 is 1.22 bits per heavy atom. The zero-order chi connectivity index (χ0) is 15.5. The Hall–Kier alpha value is -1.07. The van der Waals surface area contributed by atoms with E-state index in [-0.39, 0.29) is 36.3 Å². The third-order valence-corrected chi connectivity index (χ3v) is 4.13. The van der Waals surface area contributed by atoms with Gasteiger partial charge in [0.15, 0.2) is 0 Å². The number of pyridine rings is 1. The number of carbonyl (C=O) groups is 1. The number of nitrogens with two attached hydrogens (primary N) is 1. The predicted molar refractivity (Wildman–Crippen MR) is 101 cm³/mol. The molecule has 4 nitrogen and oxygen atoms in total.